The summed E-state index contributed by atoms with van der Waals surface area (Å²) in [6, 6.07) is 14.9. The third-order valence-electron chi connectivity index (χ3n) is 7.38. The van der Waals surface area contributed by atoms with Gasteiger partial charge in [-0.3, -0.25) is 0 Å². The molecule has 0 saturated carbocycles. The molecule has 2 aliphatic carbocycles. The van der Waals surface area contributed by atoms with Gasteiger partial charge in [0.2, 0.25) is 0 Å². The molecule has 0 amide bonds. The molecule has 2 aromatic rings. The standard InChI is InChI=1S/C21H25.C7H9.C2H6Si.2ClH.Zr/c1-20(2,3)16-7-9-18-14(12-16)11-15-13-17(21(4,5)6)8-10-19(15)18;1-6-3-4-7(2)5-6;1-3-2;;;/h7-13H,1-6H3;3-4,6H,1-2H3;1-2H3;2*1H;. The fourth-order valence-corrected chi connectivity index (χ4v) is 25.4. The topological polar surface area (TPSA) is 0 Å². The Hall–Kier alpha value is -0.400. The van der Waals surface area contributed by atoms with Crippen molar-refractivity contribution in [3.8, 4) is 11.1 Å². The summed E-state index contributed by atoms with van der Waals surface area (Å²) in [5.41, 5.74) is 10.9. The third-order valence-corrected chi connectivity index (χ3v) is 26.2. The number of fused-ring (bicyclic) bond motifs is 3. The van der Waals surface area contributed by atoms with Crippen LogP contribution in [0.25, 0.3) is 11.1 Å². The quantitative estimate of drug-likeness (QED) is 0.305. The summed E-state index contributed by atoms with van der Waals surface area (Å²) in [6.45, 7) is 24.2. The van der Waals surface area contributed by atoms with Crippen LogP contribution in [0.2, 0.25) is 13.1 Å². The molecule has 34 heavy (non-hydrogen) atoms. The van der Waals surface area contributed by atoms with Crippen molar-refractivity contribution in [3.63, 3.8) is 0 Å². The van der Waals surface area contributed by atoms with E-state index in [1.54, 1.807) is 16.7 Å². The van der Waals surface area contributed by atoms with Gasteiger partial charge in [0.05, 0.1) is 0 Å². The molecule has 1 atom stereocenters. The summed E-state index contributed by atoms with van der Waals surface area (Å²) >= 11 is -2.00. The van der Waals surface area contributed by atoms with E-state index in [2.05, 4.69) is 117 Å². The summed E-state index contributed by atoms with van der Waals surface area (Å²) in [7, 11) is 0. The molecule has 2 aliphatic rings. The Morgan fingerprint density at radius 3 is 1.53 bits per heavy atom. The van der Waals surface area contributed by atoms with Gasteiger partial charge in [0.25, 0.3) is 0 Å². The molecule has 0 N–H and O–H groups in total. The molecule has 0 aromatic heterocycles. The van der Waals surface area contributed by atoms with Crippen LogP contribution in [0, 0.1) is 5.92 Å². The zero-order valence-electron chi connectivity index (χ0n) is 22.6. The van der Waals surface area contributed by atoms with Gasteiger partial charge in [0.15, 0.2) is 0 Å². The van der Waals surface area contributed by atoms with Crippen LogP contribution in [0.4, 0.5) is 0 Å². The van der Waals surface area contributed by atoms with Crippen molar-refractivity contribution in [3.05, 3.63) is 79.7 Å². The summed E-state index contributed by atoms with van der Waals surface area (Å²) in [5, 5.41) is 0. The minimum absolute atomic E-state index is 0. The smallest absolute Gasteiger partial charge is 0.147 e. The summed E-state index contributed by atoms with van der Waals surface area (Å²) in [6.07, 6.45) is 4.88. The van der Waals surface area contributed by atoms with Crippen molar-refractivity contribution in [2.75, 3.05) is 0 Å². The van der Waals surface area contributed by atoms with Crippen LogP contribution >= 0.6 is 24.8 Å². The predicted octanol–water partition coefficient (Wildman–Crippen LogP) is 9.54. The summed E-state index contributed by atoms with van der Waals surface area (Å²) in [5.74, 6) is 0.633. The van der Waals surface area contributed by atoms with Gasteiger partial charge in [-0.25, -0.2) is 0 Å². The fraction of sp³-hybridized carbons (Fsp3) is 0.467. The first kappa shape index (κ1) is 29.8. The molecule has 4 rings (SSSR count). The van der Waals surface area contributed by atoms with E-state index in [0.717, 1.165) is 0 Å². The van der Waals surface area contributed by atoms with Crippen molar-refractivity contribution in [1.82, 2.24) is 0 Å². The molecule has 0 saturated heterocycles. The molecule has 0 radical (unpaired) electrons. The van der Waals surface area contributed by atoms with Crippen molar-refractivity contribution in [1.29, 1.82) is 0 Å². The monoisotopic (exact) mass is 590 g/mol. The maximum atomic E-state index is 2.61. The van der Waals surface area contributed by atoms with Crippen LogP contribution in [-0.2, 0) is 31.2 Å². The van der Waals surface area contributed by atoms with Crippen LogP contribution in [0.15, 0.2) is 57.4 Å². The van der Waals surface area contributed by atoms with Crippen LogP contribution < -0.4 is 0 Å². The Bertz CT molecular complexity index is 1120. The molecule has 0 fully saturated rings. The maximum Gasteiger partial charge on any atom is -0.147 e. The molecular formula is C30H42Cl2SiZr. The zero-order chi connectivity index (χ0) is 23.6. The molecule has 184 valence electrons. The Balaban J connectivity index is 0.00000204. The van der Waals surface area contributed by atoms with Crippen LogP contribution in [0.3, 0.4) is 0 Å². The van der Waals surface area contributed by atoms with E-state index >= 15 is 0 Å². The number of benzene rings is 2. The van der Waals surface area contributed by atoms with E-state index < -0.39 is 20.4 Å². The third kappa shape index (κ3) is 5.32. The van der Waals surface area contributed by atoms with Gasteiger partial charge in [-0.15, -0.1) is 24.8 Å². The van der Waals surface area contributed by atoms with Crippen molar-refractivity contribution < 1.29 is 20.4 Å². The van der Waals surface area contributed by atoms with Gasteiger partial charge in [-0.2, -0.15) is 0 Å². The maximum absolute atomic E-state index is 2.61. The second-order valence-electron chi connectivity index (χ2n) is 12.2. The van der Waals surface area contributed by atoms with Gasteiger partial charge in [0, 0.05) is 0 Å². The average Bonchev–Trinajstić information content (AvgIpc) is 3.18. The van der Waals surface area contributed by atoms with E-state index in [-0.39, 0.29) is 41.1 Å². The fourth-order valence-electron chi connectivity index (χ4n) is 5.51. The SMILES string of the molecule is CC1=[C]([Zr]([CH]2c3cc(C(C)(C)C)ccc3-c3ccc(C(C)(C)C)cc32)=[Si](C)C)C(C)C=C1.Cl.Cl. The second kappa shape index (κ2) is 10.5. The van der Waals surface area contributed by atoms with Crippen LogP contribution in [0.5, 0.6) is 0 Å². The normalized spacial score (nSPS) is 17.2. The van der Waals surface area contributed by atoms with Gasteiger partial charge < -0.3 is 0 Å². The summed E-state index contributed by atoms with van der Waals surface area (Å²) < 4.78 is 2.54. The average molecular weight is 593 g/mol. The second-order valence-corrected chi connectivity index (χ2v) is 29.5. The van der Waals surface area contributed by atoms with E-state index in [1.165, 1.54) is 22.3 Å². The molecular weight excluding hydrogens is 551 g/mol. The predicted molar refractivity (Wildman–Crippen MR) is 154 cm³/mol. The Kier molecular flexibility index (Phi) is 9.24. The molecule has 0 bridgehead atoms. The van der Waals surface area contributed by atoms with Crippen molar-refractivity contribution in [2.45, 2.75) is 82.9 Å². The van der Waals surface area contributed by atoms with Crippen LogP contribution in [-0.4, -0.2) is 5.43 Å². The Morgan fingerprint density at radius 2 is 1.21 bits per heavy atom. The molecule has 0 nitrogen and oxygen atoms in total. The van der Waals surface area contributed by atoms with Crippen molar-refractivity contribution >= 4 is 30.2 Å². The molecule has 4 heteroatoms. The first-order valence-corrected chi connectivity index (χ1v) is 21.0. The Morgan fingerprint density at radius 1 is 0.765 bits per heavy atom. The molecule has 1 unspecified atom stereocenters. The van der Waals surface area contributed by atoms with Gasteiger partial charge in [0.1, 0.15) is 0 Å². The van der Waals surface area contributed by atoms with E-state index in [4.69, 9.17) is 0 Å². The minimum atomic E-state index is -2.00. The summed E-state index contributed by atoms with van der Waals surface area (Å²) in [4.78, 5) is 0. The molecule has 2 aromatic carbocycles. The number of halogens is 2. The number of hydrogen-bond acceptors (Lipinski definition) is 0. The van der Waals surface area contributed by atoms with E-state index in [0.29, 0.717) is 9.54 Å². The van der Waals surface area contributed by atoms with Gasteiger partial charge in [-0.1, -0.05) is 0 Å². The van der Waals surface area contributed by atoms with Crippen molar-refractivity contribution in [2.24, 2.45) is 5.92 Å². The Labute approximate surface area is 228 Å². The van der Waals surface area contributed by atoms with E-state index in [1.807, 2.05) is 3.28 Å². The molecule has 0 aliphatic heterocycles. The number of hydrogen-bond donors (Lipinski definition) is 0. The van der Waals surface area contributed by atoms with E-state index in [9.17, 15) is 0 Å². The largest absolute Gasteiger partial charge is 0.147 e. The van der Waals surface area contributed by atoms with Gasteiger partial charge >= 0.3 is 205 Å². The minimum Gasteiger partial charge on any atom is -0.147 e. The van der Waals surface area contributed by atoms with Gasteiger partial charge in [-0.05, 0) is 0 Å². The zero-order valence-corrected chi connectivity index (χ0v) is 27.7. The molecule has 0 spiro atoms. The number of allylic oxidation sites excluding steroid dienone is 4. The molecule has 0 heterocycles. The first-order chi connectivity index (χ1) is 14.8. The number of rotatable bonds is 2. The first-order valence-electron chi connectivity index (χ1n) is 12.2. The van der Waals surface area contributed by atoms with Crippen LogP contribution in [0.1, 0.15) is 81.3 Å².